The highest BCUT2D eigenvalue weighted by Crippen LogP contribution is 2.22. The van der Waals surface area contributed by atoms with Gasteiger partial charge in [0.15, 0.2) is 0 Å². The molecule has 112 valence electrons. The third-order valence-corrected chi connectivity index (χ3v) is 3.05. The number of aromatic nitrogens is 3. The zero-order valence-corrected chi connectivity index (χ0v) is 12.8. The topological polar surface area (TPSA) is 59.9 Å². The lowest BCUT2D eigenvalue weighted by Crippen LogP contribution is -2.23. The summed E-state index contributed by atoms with van der Waals surface area (Å²) in [5, 5.41) is 3.42. The van der Waals surface area contributed by atoms with E-state index in [-0.39, 0.29) is 6.04 Å². The van der Waals surface area contributed by atoms with Crippen molar-refractivity contribution in [1.29, 1.82) is 0 Å². The summed E-state index contributed by atoms with van der Waals surface area (Å²) in [6.45, 7) is 7.61. The van der Waals surface area contributed by atoms with Crippen molar-refractivity contribution >= 4 is 0 Å². The van der Waals surface area contributed by atoms with Crippen molar-refractivity contribution in [3.8, 4) is 5.75 Å². The van der Waals surface area contributed by atoms with Gasteiger partial charge in [0, 0.05) is 12.4 Å². The predicted molar refractivity (Wildman–Crippen MR) is 82.3 cm³/mol. The van der Waals surface area contributed by atoms with Crippen LogP contribution in [0.2, 0.25) is 0 Å². The second kappa shape index (κ2) is 7.69. The molecule has 0 aromatic carbocycles. The lowest BCUT2D eigenvalue weighted by atomic mass is 10.1. The predicted octanol–water partition coefficient (Wildman–Crippen LogP) is 2.67. The number of nitrogens with one attached hydrogen (secondary N) is 1. The van der Waals surface area contributed by atoms with Gasteiger partial charge in [-0.15, -0.1) is 0 Å². The minimum Gasteiger partial charge on any atom is -0.492 e. The van der Waals surface area contributed by atoms with Crippen molar-refractivity contribution in [1.82, 2.24) is 20.3 Å². The van der Waals surface area contributed by atoms with E-state index in [0.717, 1.165) is 35.7 Å². The zero-order valence-electron chi connectivity index (χ0n) is 12.8. The molecule has 5 nitrogen and oxygen atoms in total. The van der Waals surface area contributed by atoms with Crippen molar-refractivity contribution in [3.05, 3.63) is 47.8 Å². The fraction of sp³-hybridized carbons (Fsp3) is 0.438. The number of aryl methyl sites for hydroxylation is 1. The van der Waals surface area contributed by atoms with Crippen LogP contribution in [-0.4, -0.2) is 28.1 Å². The quantitative estimate of drug-likeness (QED) is 0.848. The van der Waals surface area contributed by atoms with Gasteiger partial charge in [-0.3, -0.25) is 15.0 Å². The minimum atomic E-state index is -0.0271. The number of pyridine rings is 1. The van der Waals surface area contributed by atoms with Crippen LogP contribution in [0.5, 0.6) is 5.75 Å². The van der Waals surface area contributed by atoms with Crippen LogP contribution in [0.4, 0.5) is 0 Å². The van der Waals surface area contributed by atoms with Gasteiger partial charge in [0.25, 0.3) is 0 Å². The molecule has 1 atom stereocenters. The molecule has 21 heavy (non-hydrogen) atoms. The van der Waals surface area contributed by atoms with Crippen molar-refractivity contribution in [2.45, 2.75) is 33.2 Å². The SMILES string of the molecule is CCCOc1cncc(C(NCC)c2cnc(C)cn2)c1. The molecule has 2 heterocycles. The largest absolute Gasteiger partial charge is 0.492 e. The fourth-order valence-corrected chi connectivity index (χ4v) is 2.04. The van der Waals surface area contributed by atoms with Gasteiger partial charge >= 0.3 is 0 Å². The highest BCUT2D eigenvalue weighted by molar-refractivity contribution is 5.30. The third-order valence-electron chi connectivity index (χ3n) is 3.05. The molecule has 2 aromatic heterocycles. The lowest BCUT2D eigenvalue weighted by Gasteiger charge is -2.18. The van der Waals surface area contributed by atoms with Crippen LogP contribution >= 0.6 is 0 Å². The van der Waals surface area contributed by atoms with E-state index >= 15 is 0 Å². The Morgan fingerprint density at radius 3 is 2.67 bits per heavy atom. The monoisotopic (exact) mass is 286 g/mol. The van der Waals surface area contributed by atoms with Gasteiger partial charge in [0.05, 0.1) is 36.4 Å². The number of rotatable bonds is 7. The summed E-state index contributed by atoms with van der Waals surface area (Å²) in [4.78, 5) is 13.1. The Kier molecular flexibility index (Phi) is 5.63. The summed E-state index contributed by atoms with van der Waals surface area (Å²) in [5.41, 5.74) is 2.83. The number of hydrogen-bond acceptors (Lipinski definition) is 5. The van der Waals surface area contributed by atoms with E-state index in [1.165, 1.54) is 0 Å². The Bertz CT molecular complexity index is 556. The summed E-state index contributed by atoms with van der Waals surface area (Å²) >= 11 is 0. The molecule has 0 aliphatic carbocycles. The Labute approximate surface area is 125 Å². The van der Waals surface area contributed by atoms with Gasteiger partial charge in [0.1, 0.15) is 5.75 Å². The molecule has 0 saturated carbocycles. The summed E-state index contributed by atoms with van der Waals surface area (Å²) in [5.74, 6) is 0.789. The molecule has 0 saturated heterocycles. The summed E-state index contributed by atoms with van der Waals surface area (Å²) in [6, 6.07) is 1.98. The molecule has 2 aromatic rings. The van der Waals surface area contributed by atoms with Crippen LogP contribution in [0.1, 0.15) is 43.3 Å². The summed E-state index contributed by atoms with van der Waals surface area (Å²) in [6.07, 6.45) is 8.15. The van der Waals surface area contributed by atoms with Gasteiger partial charge < -0.3 is 10.1 Å². The molecule has 0 aliphatic rings. The standard InChI is InChI=1S/C16H22N4O/c1-4-6-21-14-7-13(9-17-10-14)16(18-5-2)15-11-19-12(3)8-20-15/h7-11,16,18H,4-6H2,1-3H3. The van der Waals surface area contributed by atoms with E-state index in [0.29, 0.717) is 6.61 Å². The van der Waals surface area contributed by atoms with Crippen molar-refractivity contribution in [3.63, 3.8) is 0 Å². The van der Waals surface area contributed by atoms with Crippen LogP contribution in [0.15, 0.2) is 30.9 Å². The highest BCUT2D eigenvalue weighted by Gasteiger charge is 2.16. The summed E-state index contributed by atoms with van der Waals surface area (Å²) in [7, 11) is 0. The molecule has 1 N–H and O–H groups in total. The molecule has 0 spiro atoms. The van der Waals surface area contributed by atoms with Gasteiger partial charge in [-0.1, -0.05) is 13.8 Å². The molecule has 0 aliphatic heterocycles. The Morgan fingerprint density at radius 1 is 1.14 bits per heavy atom. The fourth-order valence-electron chi connectivity index (χ4n) is 2.04. The Hall–Kier alpha value is -2.01. The van der Waals surface area contributed by atoms with Gasteiger partial charge in [-0.2, -0.15) is 0 Å². The zero-order chi connectivity index (χ0) is 15.1. The van der Waals surface area contributed by atoms with E-state index in [4.69, 9.17) is 4.74 Å². The smallest absolute Gasteiger partial charge is 0.137 e. The number of nitrogens with zero attached hydrogens (tertiary/aromatic N) is 3. The highest BCUT2D eigenvalue weighted by atomic mass is 16.5. The molecule has 0 amide bonds. The second-order valence-electron chi connectivity index (χ2n) is 4.88. The van der Waals surface area contributed by atoms with E-state index in [1.807, 2.05) is 25.4 Å². The van der Waals surface area contributed by atoms with Crippen molar-refractivity contribution in [2.75, 3.05) is 13.2 Å². The normalized spacial score (nSPS) is 12.1. The Morgan fingerprint density at radius 2 is 2.00 bits per heavy atom. The maximum atomic E-state index is 5.65. The molecular formula is C16H22N4O. The Balaban J connectivity index is 2.27. The van der Waals surface area contributed by atoms with Crippen molar-refractivity contribution < 1.29 is 4.74 Å². The van der Waals surface area contributed by atoms with E-state index in [2.05, 4.69) is 34.1 Å². The van der Waals surface area contributed by atoms with Crippen LogP contribution in [0.25, 0.3) is 0 Å². The van der Waals surface area contributed by atoms with Gasteiger partial charge in [-0.05, 0) is 31.5 Å². The van der Waals surface area contributed by atoms with E-state index < -0.39 is 0 Å². The maximum Gasteiger partial charge on any atom is 0.137 e. The first kappa shape index (κ1) is 15.4. The molecule has 0 fully saturated rings. The molecule has 1 unspecified atom stereocenters. The molecule has 5 heteroatoms. The second-order valence-corrected chi connectivity index (χ2v) is 4.88. The molecule has 0 radical (unpaired) electrons. The van der Waals surface area contributed by atoms with E-state index in [9.17, 15) is 0 Å². The van der Waals surface area contributed by atoms with Gasteiger partial charge in [0.2, 0.25) is 0 Å². The van der Waals surface area contributed by atoms with Crippen LogP contribution in [0, 0.1) is 6.92 Å². The number of ether oxygens (including phenoxy) is 1. The summed E-state index contributed by atoms with van der Waals surface area (Å²) < 4.78 is 5.65. The van der Waals surface area contributed by atoms with Crippen LogP contribution in [-0.2, 0) is 0 Å². The number of hydrogen-bond donors (Lipinski definition) is 1. The third kappa shape index (κ3) is 4.23. The average Bonchev–Trinajstić information content (AvgIpc) is 2.52. The molecular weight excluding hydrogens is 264 g/mol. The first-order valence-electron chi connectivity index (χ1n) is 7.34. The van der Waals surface area contributed by atoms with E-state index in [1.54, 1.807) is 12.4 Å². The molecule has 0 bridgehead atoms. The van der Waals surface area contributed by atoms with Gasteiger partial charge in [-0.25, -0.2) is 0 Å². The van der Waals surface area contributed by atoms with Crippen LogP contribution < -0.4 is 10.1 Å². The lowest BCUT2D eigenvalue weighted by molar-refractivity contribution is 0.315. The minimum absolute atomic E-state index is 0.0271. The van der Waals surface area contributed by atoms with Crippen molar-refractivity contribution in [2.24, 2.45) is 0 Å². The maximum absolute atomic E-state index is 5.65. The average molecular weight is 286 g/mol. The first-order valence-corrected chi connectivity index (χ1v) is 7.34. The van der Waals surface area contributed by atoms with Crippen LogP contribution in [0.3, 0.4) is 0 Å². The first-order chi connectivity index (χ1) is 10.2. The molecule has 2 rings (SSSR count).